The standard InChI is InChI=1S/C26H21FO7/c27-23-22(34-26(30)19-14-8-3-9-15-19)21(33-25(29)18-12-6-2-7-13-18)20(16-31-23)32-24(28)17-10-4-1-5-11-17/h1-15,20-23H,16H2/t20-,21+,22+,23+/m0/s1. The maximum absolute atomic E-state index is 14.8. The summed E-state index contributed by atoms with van der Waals surface area (Å²) in [6, 6.07) is 24.1. The number of benzene rings is 3. The van der Waals surface area contributed by atoms with Gasteiger partial charge in [-0.05, 0) is 36.4 Å². The number of alkyl halides is 1. The van der Waals surface area contributed by atoms with Crippen molar-refractivity contribution >= 4 is 17.9 Å². The Bertz CT molecular complexity index is 1120. The summed E-state index contributed by atoms with van der Waals surface area (Å²) in [5.41, 5.74) is 0.618. The van der Waals surface area contributed by atoms with E-state index in [4.69, 9.17) is 18.9 Å². The topological polar surface area (TPSA) is 88.1 Å². The van der Waals surface area contributed by atoms with Gasteiger partial charge in [-0.1, -0.05) is 54.6 Å². The normalized spacial score (nSPS) is 21.8. The van der Waals surface area contributed by atoms with Crippen molar-refractivity contribution in [1.29, 1.82) is 0 Å². The third-order valence-electron chi connectivity index (χ3n) is 5.14. The van der Waals surface area contributed by atoms with E-state index < -0.39 is 49.2 Å². The summed E-state index contributed by atoms with van der Waals surface area (Å²) in [6.45, 7) is -0.397. The van der Waals surface area contributed by atoms with Gasteiger partial charge in [0.15, 0.2) is 18.3 Å². The van der Waals surface area contributed by atoms with E-state index in [-0.39, 0.29) is 16.7 Å². The molecule has 1 aliphatic rings. The third kappa shape index (κ3) is 5.47. The molecule has 3 aromatic rings. The van der Waals surface area contributed by atoms with Crippen LogP contribution in [0.5, 0.6) is 0 Å². The number of carbonyl (C=O) groups excluding carboxylic acids is 3. The van der Waals surface area contributed by atoms with Crippen LogP contribution in [0, 0.1) is 0 Å². The summed E-state index contributed by atoms with van der Waals surface area (Å²) in [6.07, 6.45) is -6.44. The summed E-state index contributed by atoms with van der Waals surface area (Å²) in [7, 11) is 0. The van der Waals surface area contributed by atoms with Crippen LogP contribution < -0.4 is 0 Å². The first-order valence-corrected chi connectivity index (χ1v) is 10.6. The Morgan fingerprint density at radius 2 is 1.00 bits per heavy atom. The molecule has 0 spiro atoms. The Kier molecular flexibility index (Phi) is 7.29. The number of carbonyl (C=O) groups is 3. The van der Waals surface area contributed by atoms with Gasteiger partial charge in [0.1, 0.15) is 0 Å². The quantitative estimate of drug-likeness (QED) is 0.403. The predicted octanol–water partition coefficient (Wildman–Crippen LogP) is 3.99. The van der Waals surface area contributed by atoms with Crippen LogP contribution in [0.15, 0.2) is 91.0 Å². The van der Waals surface area contributed by atoms with Gasteiger partial charge in [0.25, 0.3) is 0 Å². The highest BCUT2D eigenvalue weighted by Crippen LogP contribution is 2.27. The minimum atomic E-state index is -2.10. The van der Waals surface area contributed by atoms with Gasteiger partial charge in [-0.15, -0.1) is 0 Å². The smallest absolute Gasteiger partial charge is 0.338 e. The van der Waals surface area contributed by atoms with Gasteiger partial charge in [0, 0.05) is 0 Å². The van der Waals surface area contributed by atoms with Crippen molar-refractivity contribution in [3.63, 3.8) is 0 Å². The molecule has 0 N–H and O–H groups in total. The van der Waals surface area contributed by atoms with Gasteiger partial charge >= 0.3 is 17.9 Å². The molecule has 3 aromatic carbocycles. The third-order valence-corrected chi connectivity index (χ3v) is 5.14. The van der Waals surface area contributed by atoms with E-state index >= 15 is 0 Å². The van der Waals surface area contributed by atoms with Crippen LogP contribution in [-0.2, 0) is 18.9 Å². The largest absolute Gasteiger partial charge is 0.452 e. The molecule has 0 bridgehead atoms. The summed E-state index contributed by atoms with van der Waals surface area (Å²) < 4.78 is 36.3. The number of hydrogen-bond donors (Lipinski definition) is 0. The first-order chi connectivity index (χ1) is 16.5. The zero-order valence-electron chi connectivity index (χ0n) is 17.9. The lowest BCUT2D eigenvalue weighted by Crippen LogP contribution is -2.56. The summed E-state index contributed by atoms with van der Waals surface area (Å²) in [5, 5.41) is 0. The number of rotatable bonds is 6. The minimum absolute atomic E-state index is 0.172. The van der Waals surface area contributed by atoms with E-state index in [0.29, 0.717) is 0 Å². The second-order valence-electron chi connectivity index (χ2n) is 7.47. The van der Waals surface area contributed by atoms with Gasteiger partial charge in [-0.2, -0.15) is 0 Å². The molecule has 0 unspecified atom stereocenters. The highest BCUT2D eigenvalue weighted by Gasteiger charge is 2.48. The Balaban J connectivity index is 1.59. The van der Waals surface area contributed by atoms with E-state index in [0.717, 1.165) is 0 Å². The van der Waals surface area contributed by atoms with Crippen LogP contribution in [0.4, 0.5) is 4.39 Å². The second-order valence-corrected chi connectivity index (χ2v) is 7.47. The molecule has 0 aromatic heterocycles. The highest BCUT2D eigenvalue weighted by atomic mass is 19.1. The molecule has 1 saturated heterocycles. The van der Waals surface area contributed by atoms with E-state index in [1.807, 2.05) is 0 Å². The van der Waals surface area contributed by atoms with Crippen molar-refractivity contribution in [2.45, 2.75) is 24.7 Å². The van der Waals surface area contributed by atoms with Crippen LogP contribution in [0.25, 0.3) is 0 Å². The maximum Gasteiger partial charge on any atom is 0.338 e. The lowest BCUT2D eigenvalue weighted by Gasteiger charge is -2.37. The Morgan fingerprint density at radius 1 is 0.618 bits per heavy atom. The van der Waals surface area contributed by atoms with Crippen LogP contribution in [0.3, 0.4) is 0 Å². The van der Waals surface area contributed by atoms with E-state index in [9.17, 15) is 18.8 Å². The van der Waals surface area contributed by atoms with Gasteiger partial charge < -0.3 is 18.9 Å². The molecule has 4 atom stereocenters. The molecule has 174 valence electrons. The fourth-order valence-electron chi connectivity index (χ4n) is 3.41. The second kappa shape index (κ2) is 10.7. The number of halogens is 1. The zero-order valence-corrected chi connectivity index (χ0v) is 17.9. The van der Waals surface area contributed by atoms with Crippen LogP contribution >= 0.6 is 0 Å². The number of esters is 3. The molecule has 1 fully saturated rings. The lowest BCUT2D eigenvalue weighted by atomic mass is 10.0. The molecule has 8 heteroatoms. The monoisotopic (exact) mass is 464 g/mol. The van der Waals surface area contributed by atoms with Gasteiger partial charge in [-0.3, -0.25) is 0 Å². The van der Waals surface area contributed by atoms with E-state index in [2.05, 4.69) is 0 Å². The maximum atomic E-state index is 14.8. The van der Waals surface area contributed by atoms with Crippen LogP contribution in [0.2, 0.25) is 0 Å². The molecule has 1 aliphatic heterocycles. The van der Waals surface area contributed by atoms with Gasteiger partial charge in [0.2, 0.25) is 6.36 Å². The first-order valence-electron chi connectivity index (χ1n) is 10.6. The fourth-order valence-corrected chi connectivity index (χ4v) is 3.41. The zero-order chi connectivity index (χ0) is 23.9. The van der Waals surface area contributed by atoms with Crippen molar-refractivity contribution in [2.75, 3.05) is 6.61 Å². The number of ether oxygens (including phenoxy) is 4. The van der Waals surface area contributed by atoms with Gasteiger partial charge in [0.05, 0.1) is 23.3 Å². The van der Waals surface area contributed by atoms with E-state index in [1.54, 1.807) is 66.7 Å². The average Bonchev–Trinajstić information content (AvgIpc) is 2.89. The van der Waals surface area contributed by atoms with Gasteiger partial charge in [-0.25, -0.2) is 18.8 Å². The molecule has 0 amide bonds. The first kappa shape index (κ1) is 23.1. The molecule has 0 radical (unpaired) electrons. The average molecular weight is 464 g/mol. The van der Waals surface area contributed by atoms with Crippen molar-refractivity contribution in [1.82, 2.24) is 0 Å². The predicted molar refractivity (Wildman–Crippen MR) is 118 cm³/mol. The molecule has 4 rings (SSSR count). The molecule has 0 saturated carbocycles. The van der Waals surface area contributed by atoms with Crippen molar-refractivity contribution in [3.8, 4) is 0 Å². The van der Waals surface area contributed by atoms with Crippen molar-refractivity contribution < 1.29 is 37.7 Å². The van der Waals surface area contributed by atoms with Crippen molar-refractivity contribution in [3.05, 3.63) is 108 Å². The minimum Gasteiger partial charge on any atom is -0.452 e. The Labute approximate surface area is 195 Å². The SMILES string of the molecule is O=C(O[C@@H]1[C@H](OC(=O)c2ccccc2)[C@@H](OC(=O)c2ccccc2)CO[C@H]1F)c1ccccc1. The molecule has 1 heterocycles. The summed E-state index contributed by atoms with van der Waals surface area (Å²) >= 11 is 0. The molecule has 34 heavy (non-hydrogen) atoms. The molecule has 7 nitrogen and oxygen atoms in total. The van der Waals surface area contributed by atoms with Crippen molar-refractivity contribution in [2.24, 2.45) is 0 Å². The molecular formula is C26H21FO7. The number of hydrogen-bond acceptors (Lipinski definition) is 7. The van der Waals surface area contributed by atoms with Crippen LogP contribution in [-0.4, -0.2) is 49.2 Å². The fraction of sp³-hybridized carbons (Fsp3) is 0.192. The highest BCUT2D eigenvalue weighted by molar-refractivity contribution is 5.91. The lowest BCUT2D eigenvalue weighted by molar-refractivity contribution is -0.225. The Morgan fingerprint density at radius 3 is 1.44 bits per heavy atom. The van der Waals surface area contributed by atoms with E-state index in [1.165, 1.54) is 24.3 Å². The molecule has 0 aliphatic carbocycles. The summed E-state index contributed by atoms with van der Waals surface area (Å²) in [4.78, 5) is 38.0. The summed E-state index contributed by atoms with van der Waals surface area (Å²) in [5.74, 6) is -2.35. The van der Waals surface area contributed by atoms with Crippen LogP contribution in [0.1, 0.15) is 31.1 Å². The molecular weight excluding hydrogens is 443 g/mol. The Hall–Kier alpha value is -4.04.